The summed E-state index contributed by atoms with van der Waals surface area (Å²) < 4.78 is 14.4. The zero-order valence-electron chi connectivity index (χ0n) is 25.6. The highest BCUT2D eigenvalue weighted by atomic mass is 19.1. The van der Waals surface area contributed by atoms with Crippen LogP contribution in [0.25, 0.3) is 11.1 Å². The Bertz CT molecular complexity index is 1350. The normalized spacial score (nSPS) is 17.5. The second-order valence-corrected chi connectivity index (χ2v) is 12.4. The third kappa shape index (κ3) is 7.95. The number of unbranched alkanes of at least 4 members (excludes halogenated alkanes) is 1. The van der Waals surface area contributed by atoms with Gasteiger partial charge < -0.3 is 10.6 Å². The van der Waals surface area contributed by atoms with Gasteiger partial charge in [0.15, 0.2) is 0 Å². The quantitative estimate of drug-likeness (QED) is 0.317. The number of likely N-dealkylation sites (tertiary alicyclic amines) is 1. The first-order valence-electron chi connectivity index (χ1n) is 15.3. The molecule has 1 atom stereocenters. The summed E-state index contributed by atoms with van der Waals surface area (Å²) in [6.07, 6.45) is 6.89. The number of fused-ring (bicyclic) bond motifs is 1. The topological polar surface area (TPSA) is 46.3 Å². The Morgan fingerprint density at radius 3 is 2.27 bits per heavy atom. The first kappa shape index (κ1) is 30.7. The van der Waals surface area contributed by atoms with Gasteiger partial charge >= 0.3 is 0 Å². The molecule has 0 radical (unpaired) electrons. The summed E-state index contributed by atoms with van der Waals surface area (Å²) in [4.78, 5) is 14.3. The van der Waals surface area contributed by atoms with Crippen molar-refractivity contribution in [1.29, 1.82) is 0 Å². The number of primary amides is 1. The molecule has 1 saturated heterocycles. The van der Waals surface area contributed by atoms with E-state index in [4.69, 9.17) is 5.73 Å². The fourth-order valence-corrected chi connectivity index (χ4v) is 5.96. The molecule has 0 spiro atoms. The van der Waals surface area contributed by atoms with Gasteiger partial charge in [0, 0.05) is 12.1 Å². The number of nitrogens with zero attached hydrogens (tertiary/aromatic N) is 1. The Labute approximate surface area is 246 Å². The molecule has 2 aliphatic rings. The molecule has 0 aromatic heterocycles. The number of allylic oxidation sites excluding steroid dienone is 1. The first-order valence-corrected chi connectivity index (χ1v) is 15.3. The number of benzene rings is 3. The molecule has 1 aliphatic heterocycles. The molecule has 5 rings (SSSR count). The zero-order valence-corrected chi connectivity index (χ0v) is 25.6. The van der Waals surface area contributed by atoms with E-state index < -0.39 is 11.6 Å². The Hall–Kier alpha value is -3.24. The van der Waals surface area contributed by atoms with Gasteiger partial charge in [-0.25, -0.2) is 4.39 Å². The predicted octanol–water partition coefficient (Wildman–Crippen LogP) is 8.72. The molecule has 1 aliphatic carbocycles. The molecule has 0 saturated carbocycles. The van der Waals surface area contributed by atoms with Crippen LogP contribution < -0.4 is 5.73 Å². The molecule has 1 unspecified atom stereocenters. The summed E-state index contributed by atoms with van der Waals surface area (Å²) in [6, 6.07) is 22.2. The standard InChI is InChI=1S/C28H28FNO.C9H19N/c1-18-7-9-20(10-8-18)26-24(19-11-14-23(15-12-19)28(2,3)29)6-4-5-21-17-22(27(30)31)13-16-25(21)26;1-3-4-6-10-7-5-9(2)8-10/h7-17H,4-6H2,1-3H3,(H2,30,31);9H,3-8H2,1-2H3. The van der Waals surface area contributed by atoms with E-state index in [2.05, 4.69) is 49.9 Å². The number of halogens is 1. The van der Waals surface area contributed by atoms with E-state index in [1.807, 2.05) is 42.5 Å². The number of alkyl halides is 1. The highest BCUT2D eigenvalue weighted by Crippen LogP contribution is 2.40. The van der Waals surface area contributed by atoms with E-state index in [1.165, 1.54) is 55.6 Å². The number of carbonyl (C=O) groups excluding carboxylic acids is 1. The van der Waals surface area contributed by atoms with Crippen LogP contribution in [0.2, 0.25) is 0 Å². The van der Waals surface area contributed by atoms with E-state index in [-0.39, 0.29) is 0 Å². The largest absolute Gasteiger partial charge is 0.366 e. The highest BCUT2D eigenvalue weighted by molar-refractivity contribution is 6.01. The number of nitrogens with two attached hydrogens (primary N) is 1. The van der Waals surface area contributed by atoms with Gasteiger partial charge in [-0.3, -0.25) is 4.79 Å². The Morgan fingerprint density at radius 1 is 1.00 bits per heavy atom. The molecule has 218 valence electrons. The number of hydrogen-bond acceptors (Lipinski definition) is 2. The third-order valence-electron chi connectivity index (χ3n) is 8.43. The Balaban J connectivity index is 0.000000328. The lowest BCUT2D eigenvalue weighted by molar-refractivity contribution is 0.1000. The maximum Gasteiger partial charge on any atom is 0.248 e. The number of hydrogen-bond donors (Lipinski definition) is 1. The van der Waals surface area contributed by atoms with E-state index >= 15 is 0 Å². The van der Waals surface area contributed by atoms with Crippen LogP contribution in [0.15, 0.2) is 66.7 Å². The summed E-state index contributed by atoms with van der Waals surface area (Å²) in [6.45, 7) is 13.9. The van der Waals surface area contributed by atoms with E-state index in [0.29, 0.717) is 11.1 Å². The van der Waals surface area contributed by atoms with Crippen LogP contribution >= 0.6 is 0 Å². The van der Waals surface area contributed by atoms with Gasteiger partial charge in [0.25, 0.3) is 0 Å². The van der Waals surface area contributed by atoms with Crippen molar-refractivity contribution in [2.24, 2.45) is 11.7 Å². The lowest BCUT2D eigenvalue weighted by Crippen LogP contribution is -2.21. The summed E-state index contributed by atoms with van der Waals surface area (Å²) in [5, 5.41) is 0. The third-order valence-corrected chi connectivity index (χ3v) is 8.43. The minimum Gasteiger partial charge on any atom is -0.366 e. The number of rotatable bonds is 7. The number of carbonyl (C=O) groups is 1. The van der Waals surface area contributed by atoms with Crippen LogP contribution in [-0.4, -0.2) is 30.4 Å². The van der Waals surface area contributed by atoms with Crippen molar-refractivity contribution in [2.75, 3.05) is 19.6 Å². The second kappa shape index (κ2) is 13.6. The van der Waals surface area contributed by atoms with Crippen LogP contribution in [0.1, 0.15) is 104 Å². The molecule has 2 N–H and O–H groups in total. The number of aryl methyl sites for hydroxylation is 2. The molecule has 4 heteroatoms. The SMILES string of the molecule is CCCCN1CCC(C)C1.Cc1ccc(C2=C(c3ccc(C(C)(C)F)cc3)CCCc3cc(C(N)=O)ccc32)cc1. The summed E-state index contributed by atoms with van der Waals surface area (Å²) in [5.41, 5.74) is 13.5. The molecule has 1 fully saturated rings. The predicted molar refractivity (Wildman–Crippen MR) is 171 cm³/mol. The van der Waals surface area contributed by atoms with Crippen LogP contribution in [0, 0.1) is 12.8 Å². The fraction of sp³-hybridized carbons (Fsp3) is 0.432. The van der Waals surface area contributed by atoms with Crippen molar-refractivity contribution in [1.82, 2.24) is 4.90 Å². The summed E-state index contributed by atoms with van der Waals surface area (Å²) in [7, 11) is 0. The Morgan fingerprint density at radius 2 is 1.68 bits per heavy atom. The molecule has 1 heterocycles. The second-order valence-electron chi connectivity index (χ2n) is 12.4. The van der Waals surface area contributed by atoms with Gasteiger partial charge in [-0.2, -0.15) is 0 Å². The first-order chi connectivity index (χ1) is 19.6. The van der Waals surface area contributed by atoms with E-state index in [1.54, 1.807) is 13.8 Å². The van der Waals surface area contributed by atoms with Crippen LogP contribution in [0.3, 0.4) is 0 Å². The van der Waals surface area contributed by atoms with Crippen LogP contribution in [-0.2, 0) is 12.1 Å². The molecule has 0 bridgehead atoms. The van der Waals surface area contributed by atoms with E-state index in [0.717, 1.165) is 47.4 Å². The minimum atomic E-state index is -1.37. The lowest BCUT2D eigenvalue weighted by Gasteiger charge is -2.19. The molecule has 1 amide bonds. The van der Waals surface area contributed by atoms with Crippen molar-refractivity contribution in [3.05, 3.63) is 106 Å². The van der Waals surface area contributed by atoms with Crippen LogP contribution in [0.4, 0.5) is 4.39 Å². The van der Waals surface area contributed by atoms with Gasteiger partial charge in [-0.1, -0.05) is 80.4 Å². The van der Waals surface area contributed by atoms with Gasteiger partial charge in [-0.15, -0.1) is 0 Å². The van der Waals surface area contributed by atoms with Crippen molar-refractivity contribution < 1.29 is 9.18 Å². The maximum atomic E-state index is 14.4. The lowest BCUT2D eigenvalue weighted by atomic mass is 9.86. The van der Waals surface area contributed by atoms with Crippen molar-refractivity contribution in [2.45, 2.75) is 78.8 Å². The average molecular weight is 555 g/mol. The minimum absolute atomic E-state index is 0.405. The molecule has 41 heavy (non-hydrogen) atoms. The van der Waals surface area contributed by atoms with E-state index in [9.17, 15) is 9.18 Å². The van der Waals surface area contributed by atoms with Crippen molar-refractivity contribution >= 4 is 17.1 Å². The summed E-state index contributed by atoms with van der Waals surface area (Å²) >= 11 is 0. The van der Waals surface area contributed by atoms with Crippen molar-refractivity contribution in [3.8, 4) is 0 Å². The molecular weight excluding hydrogens is 507 g/mol. The average Bonchev–Trinajstić information content (AvgIpc) is 3.27. The molecule has 3 aromatic rings. The van der Waals surface area contributed by atoms with Gasteiger partial charge in [-0.05, 0) is 123 Å². The van der Waals surface area contributed by atoms with Gasteiger partial charge in [0.05, 0.1) is 0 Å². The smallest absolute Gasteiger partial charge is 0.248 e. The van der Waals surface area contributed by atoms with Gasteiger partial charge in [0.1, 0.15) is 5.67 Å². The molecule has 3 nitrogen and oxygen atoms in total. The summed E-state index contributed by atoms with van der Waals surface area (Å²) in [5.74, 6) is 0.550. The Kier molecular flexibility index (Phi) is 10.2. The van der Waals surface area contributed by atoms with Gasteiger partial charge in [0.2, 0.25) is 5.91 Å². The zero-order chi connectivity index (χ0) is 29.6. The molecular formula is C37H47FN2O. The van der Waals surface area contributed by atoms with Crippen molar-refractivity contribution in [3.63, 3.8) is 0 Å². The maximum absolute atomic E-state index is 14.4. The monoisotopic (exact) mass is 554 g/mol. The highest BCUT2D eigenvalue weighted by Gasteiger charge is 2.23. The number of amides is 1. The fourth-order valence-electron chi connectivity index (χ4n) is 5.96. The molecule has 3 aromatic carbocycles. The van der Waals surface area contributed by atoms with Crippen LogP contribution in [0.5, 0.6) is 0 Å².